The van der Waals surface area contributed by atoms with Crippen molar-refractivity contribution in [3.63, 3.8) is 0 Å². The van der Waals surface area contributed by atoms with Gasteiger partial charge in [0.15, 0.2) is 0 Å². The van der Waals surface area contributed by atoms with Crippen LogP contribution in [-0.2, 0) is 20.5 Å². The summed E-state index contributed by atoms with van der Waals surface area (Å²) in [5.74, 6) is -0.797. The van der Waals surface area contributed by atoms with Crippen molar-refractivity contribution >= 4 is 22.9 Å². The van der Waals surface area contributed by atoms with Gasteiger partial charge in [-0.1, -0.05) is 12.1 Å². The Hall–Kier alpha value is -3.16. The normalized spacial score (nSPS) is 10.9. The standard InChI is InChI=1S/C16H17N5O3/c1-20-12-6-4-3-5-11(12)19-13(20)7-8-17-15(22)14-10(16(23)24)9-18-21(14)2/h3-6,9H,7-8H2,1-2H3,(H,17,22)(H,23,24). The molecule has 0 aliphatic rings. The number of aromatic nitrogens is 4. The zero-order valence-electron chi connectivity index (χ0n) is 13.4. The monoisotopic (exact) mass is 327 g/mol. The summed E-state index contributed by atoms with van der Waals surface area (Å²) in [6, 6.07) is 7.80. The number of nitrogens with zero attached hydrogens (tertiary/aromatic N) is 4. The molecule has 3 rings (SSSR count). The first-order chi connectivity index (χ1) is 11.5. The number of rotatable bonds is 5. The Morgan fingerprint density at radius 3 is 2.71 bits per heavy atom. The van der Waals surface area contributed by atoms with Crippen LogP contribution in [0, 0.1) is 0 Å². The molecule has 0 unspecified atom stereocenters. The van der Waals surface area contributed by atoms with Crippen LogP contribution >= 0.6 is 0 Å². The maximum atomic E-state index is 12.2. The molecule has 0 aliphatic heterocycles. The minimum absolute atomic E-state index is 0.0347. The minimum atomic E-state index is -1.18. The molecule has 24 heavy (non-hydrogen) atoms. The van der Waals surface area contributed by atoms with Crippen molar-refractivity contribution in [2.24, 2.45) is 14.1 Å². The molecule has 2 N–H and O–H groups in total. The van der Waals surface area contributed by atoms with Gasteiger partial charge in [-0.25, -0.2) is 9.78 Å². The van der Waals surface area contributed by atoms with Gasteiger partial charge in [0, 0.05) is 27.1 Å². The van der Waals surface area contributed by atoms with E-state index in [2.05, 4.69) is 15.4 Å². The number of imidazole rings is 1. The number of aromatic carboxylic acids is 1. The SMILES string of the molecule is Cn1ncc(C(=O)O)c1C(=O)NCCc1nc2ccccc2n1C. The van der Waals surface area contributed by atoms with Gasteiger partial charge in [-0.3, -0.25) is 9.48 Å². The zero-order valence-corrected chi connectivity index (χ0v) is 13.4. The van der Waals surface area contributed by atoms with Gasteiger partial charge in [0.2, 0.25) is 0 Å². The first kappa shape index (κ1) is 15.7. The van der Waals surface area contributed by atoms with Crippen molar-refractivity contribution < 1.29 is 14.7 Å². The third-order valence-corrected chi connectivity index (χ3v) is 3.90. The lowest BCUT2D eigenvalue weighted by Crippen LogP contribution is -2.29. The van der Waals surface area contributed by atoms with Gasteiger partial charge in [-0.05, 0) is 12.1 Å². The summed E-state index contributed by atoms with van der Waals surface area (Å²) in [4.78, 5) is 27.9. The molecule has 0 atom stereocenters. The lowest BCUT2D eigenvalue weighted by atomic mass is 10.2. The average Bonchev–Trinajstić information content (AvgIpc) is 3.09. The molecule has 2 heterocycles. The maximum Gasteiger partial charge on any atom is 0.339 e. The average molecular weight is 327 g/mol. The Labute approximate surface area is 137 Å². The number of carboxylic acid groups (broad SMARTS) is 1. The highest BCUT2D eigenvalue weighted by Crippen LogP contribution is 2.14. The van der Waals surface area contributed by atoms with Crippen LogP contribution in [0.2, 0.25) is 0 Å². The van der Waals surface area contributed by atoms with E-state index < -0.39 is 11.9 Å². The lowest BCUT2D eigenvalue weighted by molar-refractivity contribution is 0.0690. The third kappa shape index (κ3) is 2.73. The van der Waals surface area contributed by atoms with E-state index in [9.17, 15) is 9.59 Å². The molecule has 0 spiro atoms. The molecule has 124 valence electrons. The summed E-state index contributed by atoms with van der Waals surface area (Å²) in [5, 5.41) is 15.7. The predicted octanol–water partition coefficient (Wildman–Crippen LogP) is 0.977. The fourth-order valence-corrected chi connectivity index (χ4v) is 2.65. The van der Waals surface area contributed by atoms with Crippen LogP contribution in [0.15, 0.2) is 30.5 Å². The summed E-state index contributed by atoms with van der Waals surface area (Å²) in [6.45, 7) is 0.347. The zero-order chi connectivity index (χ0) is 17.3. The Bertz CT molecular complexity index is 925. The number of para-hydroxylation sites is 2. The second-order valence-corrected chi connectivity index (χ2v) is 5.42. The van der Waals surface area contributed by atoms with Crippen LogP contribution in [-0.4, -0.2) is 42.9 Å². The number of carbonyl (C=O) groups excluding carboxylic acids is 1. The molecule has 3 aromatic rings. The van der Waals surface area contributed by atoms with Crippen molar-refractivity contribution in [2.45, 2.75) is 6.42 Å². The second-order valence-electron chi connectivity index (χ2n) is 5.42. The van der Waals surface area contributed by atoms with Crippen LogP contribution in [0.3, 0.4) is 0 Å². The number of hydrogen-bond donors (Lipinski definition) is 2. The summed E-state index contributed by atoms with van der Waals surface area (Å²) in [5.41, 5.74) is 1.85. The fourth-order valence-electron chi connectivity index (χ4n) is 2.65. The van der Waals surface area contributed by atoms with Crippen LogP contribution in [0.25, 0.3) is 11.0 Å². The van der Waals surface area contributed by atoms with Gasteiger partial charge in [0.25, 0.3) is 5.91 Å². The first-order valence-electron chi connectivity index (χ1n) is 7.43. The van der Waals surface area contributed by atoms with Gasteiger partial charge in [-0.2, -0.15) is 5.10 Å². The highest BCUT2D eigenvalue weighted by molar-refractivity contribution is 6.03. The molecule has 0 radical (unpaired) electrons. The van der Waals surface area contributed by atoms with E-state index in [-0.39, 0.29) is 11.3 Å². The molecule has 0 saturated carbocycles. The molecular weight excluding hydrogens is 310 g/mol. The summed E-state index contributed by atoms with van der Waals surface area (Å²) >= 11 is 0. The van der Waals surface area contributed by atoms with Crippen LogP contribution in [0.5, 0.6) is 0 Å². The largest absolute Gasteiger partial charge is 0.478 e. The Morgan fingerprint density at radius 1 is 1.25 bits per heavy atom. The highest BCUT2D eigenvalue weighted by Gasteiger charge is 2.21. The lowest BCUT2D eigenvalue weighted by Gasteiger charge is -2.07. The van der Waals surface area contributed by atoms with Gasteiger partial charge in [-0.15, -0.1) is 0 Å². The Kier molecular flexibility index (Phi) is 4.03. The maximum absolute atomic E-state index is 12.2. The third-order valence-electron chi connectivity index (χ3n) is 3.90. The Morgan fingerprint density at radius 2 is 2.00 bits per heavy atom. The van der Waals surface area contributed by atoms with Crippen LogP contribution in [0.1, 0.15) is 26.7 Å². The van der Waals surface area contributed by atoms with E-state index in [1.807, 2.05) is 35.9 Å². The molecule has 8 nitrogen and oxygen atoms in total. The number of benzene rings is 1. The smallest absolute Gasteiger partial charge is 0.339 e. The summed E-state index contributed by atoms with van der Waals surface area (Å²) in [6.07, 6.45) is 1.71. The molecular formula is C16H17N5O3. The first-order valence-corrected chi connectivity index (χ1v) is 7.43. The van der Waals surface area contributed by atoms with Crippen molar-refractivity contribution in [2.75, 3.05) is 6.54 Å². The van der Waals surface area contributed by atoms with Crippen LogP contribution < -0.4 is 5.32 Å². The van der Waals surface area contributed by atoms with Crippen LogP contribution in [0.4, 0.5) is 0 Å². The van der Waals surface area contributed by atoms with E-state index in [0.717, 1.165) is 16.9 Å². The number of carbonyl (C=O) groups is 2. The summed E-state index contributed by atoms with van der Waals surface area (Å²) in [7, 11) is 3.46. The number of amides is 1. The molecule has 2 aromatic heterocycles. The van der Waals surface area contributed by atoms with Gasteiger partial charge >= 0.3 is 5.97 Å². The van der Waals surface area contributed by atoms with E-state index in [0.29, 0.717) is 13.0 Å². The molecule has 0 bridgehead atoms. The molecule has 8 heteroatoms. The molecule has 0 fully saturated rings. The summed E-state index contributed by atoms with van der Waals surface area (Å²) < 4.78 is 3.24. The van der Waals surface area contributed by atoms with Crippen molar-refractivity contribution in [1.29, 1.82) is 0 Å². The fraction of sp³-hybridized carbons (Fsp3) is 0.250. The molecule has 1 amide bonds. The number of carboxylic acids is 1. The topological polar surface area (TPSA) is 102 Å². The number of aryl methyl sites for hydroxylation is 2. The molecule has 0 aliphatic carbocycles. The molecule has 0 saturated heterocycles. The highest BCUT2D eigenvalue weighted by atomic mass is 16.4. The minimum Gasteiger partial charge on any atom is -0.478 e. The Balaban J connectivity index is 1.70. The second kappa shape index (κ2) is 6.15. The van der Waals surface area contributed by atoms with E-state index in [4.69, 9.17) is 5.11 Å². The predicted molar refractivity (Wildman–Crippen MR) is 86.9 cm³/mol. The van der Waals surface area contributed by atoms with Crippen molar-refractivity contribution in [3.8, 4) is 0 Å². The van der Waals surface area contributed by atoms with Crippen molar-refractivity contribution in [3.05, 3.63) is 47.5 Å². The quantitative estimate of drug-likeness (QED) is 0.727. The van der Waals surface area contributed by atoms with E-state index in [1.165, 1.54) is 17.9 Å². The van der Waals surface area contributed by atoms with Gasteiger partial charge in [0.1, 0.15) is 17.1 Å². The number of nitrogens with one attached hydrogen (secondary N) is 1. The molecule has 1 aromatic carbocycles. The van der Waals surface area contributed by atoms with Gasteiger partial charge < -0.3 is 15.0 Å². The van der Waals surface area contributed by atoms with Gasteiger partial charge in [0.05, 0.1) is 17.2 Å². The number of hydrogen-bond acceptors (Lipinski definition) is 4. The van der Waals surface area contributed by atoms with E-state index in [1.54, 1.807) is 0 Å². The van der Waals surface area contributed by atoms with E-state index >= 15 is 0 Å². The van der Waals surface area contributed by atoms with Crippen molar-refractivity contribution in [1.82, 2.24) is 24.6 Å². The number of fused-ring (bicyclic) bond motifs is 1.